The third kappa shape index (κ3) is 4.70. The smallest absolute Gasteiger partial charge is 0.119 e. The van der Waals surface area contributed by atoms with E-state index in [0.29, 0.717) is 0 Å². The van der Waals surface area contributed by atoms with Crippen molar-refractivity contribution >= 4 is 0 Å². The lowest BCUT2D eigenvalue weighted by molar-refractivity contribution is 0.232. The molecule has 0 radical (unpaired) electrons. The van der Waals surface area contributed by atoms with Crippen molar-refractivity contribution in [2.75, 3.05) is 52.4 Å². The summed E-state index contributed by atoms with van der Waals surface area (Å²) in [5.41, 5.74) is 1.38. The zero-order valence-electron chi connectivity index (χ0n) is 12.9. The van der Waals surface area contributed by atoms with E-state index < -0.39 is 0 Å². The largest absolute Gasteiger partial charge is 0.492 e. The number of benzene rings is 1. The average molecular weight is 289 g/mol. The third-order valence-electron chi connectivity index (χ3n) is 4.41. The molecule has 4 heteroatoms. The molecule has 0 aromatic heterocycles. The van der Waals surface area contributed by atoms with Gasteiger partial charge in [0.15, 0.2) is 0 Å². The van der Waals surface area contributed by atoms with Crippen molar-refractivity contribution in [1.82, 2.24) is 15.1 Å². The van der Waals surface area contributed by atoms with E-state index in [1.807, 2.05) is 0 Å². The second-order valence-corrected chi connectivity index (χ2v) is 6.07. The van der Waals surface area contributed by atoms with Gasteiger partial charge in [-0.05, 0) is 43.6 Å². The summed E-state index contributed by atoms with van der Waals surface area (Å²) in [5.74, 6) is 0.998. The Hall–Kier alpha value is -1.10. The van der Waals surface area contributed by atoms with Crippen molar-refractivity contribution in [3.8, 4) is 5.75 Å². The summed E-state index contributed by atoms with van der Waals surface area (Å²) in [6, 6.07) is 8.63. The van der Waals surface area contributed by atoms with E-state index in [0.717, 1.165) is 51.6 Å². The molecule has 116 valence electrons. The van der Waals surface area contributed by atoms with Crippen LogP contribution in [0.25, 0.3) is 0 Å². The molecule has 2 aliphatic heterocycles. The molecule has 1 aromatic rings. The van der Waals surface area contributed by atoms with Gasteiger partial charge in [0.25, 0.3) is 0 Å². The van der Waals surface area contributed by atoms with Crippen molar-refractivity contribution < 1.29 is 4.74 Å². The fraction of sp³-hybridized carbons (Fsp3) is 0.647. The number of hydrogen-bond acceptors (Lipinski definition) is 4. The van der Waals surface area contributed by atoms with Gasteiger partial charge in [0, 0.05) is 39.3 Å². The minimum absolute atomic E-state index is 0.803. The van der Waals surface area contributed by atoms with Gasteiger partial charge in [-0.2, -0.15) is 0 Å². The highest BCUT2D eigenvalue weighted by molar-refractivity contribution is 5.27. The van der Waals surface area contributed by atoms with Crippen LogP contribution in [0.5, 0.6) is 5.75 Å². The summed E-state index contributed by atoms with van der Waals surface area (Å²) in [5, 5.41) is 3.39. The predicted molar refractivity (Wildman–Crippen MR) is 85.8 cm³/mol. The number of ether oxygens (including phenoxy) is 1. The lowest BCUT2D eigenvalue weighted by Crippen LogP contribution is -2.42. The summed E-state index contributed by atoms with van der Waals surface area (Å²) < 4.78 is 5.85. The highest BCUT2D eigenvalue weighted by Gasteiger charge is 2.11. The van der Waals surface area contributed by atoms with E-state index in [1.54, 1.807) is 0 Å². The monoisotopic (exact) mass is 289 g/mol. The lowest BCUT2D eigenvalue weighted by atomic mass is 10.2. The van der Waals surface area contributed by atoms with E-state index in [1.165, 1.54) is 31.5 Å². The highest BCUT2D eigenvalue weighted by Crippen LogP contribution is 2.14. The molecular weight excluding hydrogens is 262 g/mol. The Bertz CT molecular complexity index is 409. The molecule has 2 aliphatic rings. The van der Waals surface area contributed by atoms with Crippen molar-refractivity contribution in [3.05, 3.63) is 29.8 Å². The highest BCUT2D eigenvalue weighted by atomic mass is 16.5. The van der Waals surface area contributed by atoms with Gasteiger partial charge >= 0.3 is 0 Å². The Morgan fingerprint density at radius 2 is 1.62 bits per heavy atom. The fourth-order valence-electron chi connectivity index (χ4n) is 3.12. The first-order chi connectivity index (χ1) is 10.4. The molecule has 0 saturated carbocycles. The fourth-order valence-corrected chi connectivity index (χ4v) is 3.12. The summed E-state index contributed by atoms with van der Waals surface area (Å²) in [7, 11) is 0. The molecule has 1 N–H and O–H groups in total. The van der Waals surface area contributed by atoms with Crippen LogP contribution in [0.1, 0.15) is 18.4 Å². The van der Waals surface area contributed by atoms with Crippen LogP contribution in [0, 0.1) is 0 Å². The predicted octanol–water partition coefficient (Wildman–Crippen LogP) is 1.57. The molecule has 4 nitrogen and oxygen atoms in total. The van der Waals surface area contributed by atoms with E-state index in [2.05, 4.69) is 39.4 Å². The van der Waals surface area contributed by atoms with Crippen molar-refractivity contribution in [1.29, 1.82) is 0 Å². The van der Waals surface area contributed by atoms with Crippen molar-refractivity contribution in [3.63, 3.8) is 0 Å². The van der Waals surface area contributed by atoms with Gasteiger partial charge < -0.3 is 10.1 Å². The van der Waals surface area contributed by atoms with Crippen LogP contribution < -0.4 is 10.1 Å². The second kappa shape index (κ2) is 7.78. The number of nitrogens with zero attached hydrogens (tertiary/aromatic N) is 2. The lowest BCUT2D eigenvalue weighted by Gasteiger charge is -2.27. The van der Waals surface area contributed by atoms with E-state index >= 15 is 0 Å². The molecular formula is C17H27N3O. The van der Waals surface area contributed by atoms with Gasteiger partial charge in [-0.3, -0.25) is 9.80 Å². The van der Waals surface area contributed by atoms with Crippen molar-refractivity contribution in [2.45, 2.75) is 19.4 Å². The van der Waals surface area contributed by atoms with E-state index in [4.69, 9.17) is 4.74 Å². The Kier molecular flexibility index (Phi) is 5.49. The molecule has 0 atom stereocenters. The zero-order chi connectivity index (χ0) is 14.3. The van der Waals surface area contributed by atoms with Crippen LogP contribution in [0.15, 0.2) is 24.3 Å². The summed E-state index contributed by atoms with van der Waals surface area (Å²) in [4.78, 5) is 4.98. The van der Waals surface area contributed by atoms with Crippen LogP contribution >= 0.6 is 0 Å². The van der Waals surface area contributed by atoms with Gasteiger partial charge in [-0.25, -0.2) is 0 Å². The minimum atomic E-state index is 0.803. The number of nitrogens with one attached hydrogen (secondary N) is 1. The minimum Gasteiger partial charge on any atom is -0.492 e. The van der Waals surface area contributed by atoms with Crippen LogP contribution in [0.3, 0.4) is 0 Å². The molecule has 0 bridgehead atoms. The summed E-state index contributed by atoms with van der Waals surface area (Å²) >= 11 is 0. The molecule has 2 saturated heterocycles. The Labute approximate surface area is 128 Å². The zero-order valence-corrected chi connectivity index (χ0v) is 12.9. The third-order valence-corrected chi connectivity index (χ3v) is 4.41. The molecule has 3 rings (SSSR count). The standard InChI is InChI=1S/C17H27N3O/c1-2-10-19(9-1)13-14-21-17-5-3-16(4-6-17)15-20-11-7-18-8-12-20/h3-6,18H,1-2,7-15H2. The summed E-state index contributed by atoms with van der Waals surface area (Å²) in [6.07, 6.45) is 2.70. The number of piperazine rings is 1. The maximum Gasteiger partial charge on any atom is 0.119 e. The molecule has 2 fully saturated rings. The Morgan fingerprint density at radius 3 is 2.33 bits per heavy atom. The van der Waals surface area contributed by atoms with Crippen LogP contribution in [-0.4, -0.2) is 62.2 Å². The molecule has 0 amide bonds. The first kappa shape index (κ1) is 14.8. The molecule has 2 heterocycles. The number of rotatable bonds is 6. The normalized spacial score (nSPS) is 20.8. The maximum atomic E-state index is 5.85. The average Bonchev–Trinajstić information content (AvgIpc) is 3.03. The van der Waals surface area contributed by atoms with Gasteiger partial charge in [0.05, 0.1) is 0 Å². The SMILES string of the molecule is c1cc(OCCN2CCCC2)ccc1CN1CCNCC1. The molecule has 0 unspecified atom stereocenters. The molecule has 1 aromatic carbocycles. The van der Waals surface area contributed by atoms with Crippen LogP contribution in [-0.2, 0) is 6.54 Å². The summed E-state index contributed by atoms with van der Waals surface area (Å²) in [6.45, 7) is 9.91. The van der Waals surface area contributed by atoms with Crippen LogP contribution in [0.2, 0.25) is 0 Å². The number of hydrogen-bond donors (Lipinski definition) is 1. The Balaban J connectivity index is 1.40. The van der Waals surface area contributed by atoms with E-state index in [-0.39, 0.29) is 0 Å². The van der Waals surface area contributed by atoms with E-state index in [9.17, 15) is 0 Å². The number of likely N-dealkylation sites (tertiary alicyclic amines) is 1. The van der Waals surface area contributed by atoms with Gasteiger partial charge in [-0.15, -0.1) is 0 Å². The maximum absolute atomic E-state index is 5.85. The van der Waals surface area contributed by atoms with Gasteiger partial charge in [0.1, 0.15) is 12.4 Å². The molecule has 0 aliphatic carbocycles. The second-order valence-electron chi connectivity index (χ2n) is 6.07. The van der Waals surface area contributed by atoms with Gasteiger partial charge in [0.2, 0.25) is 0 Å². The van der Waals surface area contributed by atoms with Crippen LogP contribution in [0.4, 0.5) is 0 Å². The quantitative estimate of drug-likeness (QED) is 0.860. The Morgan fingerprint density at radius 1 is 0.905 bits per heavy atom. The first-order valence-corrected chi connectivity index (χ1v) is 8.27. The first-order valence-electron chi connectivity index (χ1n) is 8.27. The van der Waals surface area contributed by atoms with Crippen molar-refractivity contribution in [2.24, 2.45) is 0 Å². The van der Waals surface area contributed by atoms with Gasteiger partial charge in [-0.1, -0.05) is 12.1 Å². The molecule has 0 spiro atoms. The topological polar surface area (TPSA) is 27.7 Å². The molecule has 21 heavy (non-hydrogen) atoms.